The van der Waals surface area contributed by atoms with Gasteiger partial charge in [-0.15, -0.1) is 0 Å². The SMILES string of the molecule is CCCOC(=O)N(CCOCC(C)(F)F)CCOc1ccc(CC(OCC)C(=O)O)cc1. The third-order valence-corrected chi connectivity index (χ3v) is 4.17. The second-order valence-electron chi connectivity index (χ2n) is 7.20. The second-order valence-corrected chi connectivity index (χ2v) is 7.20. The summed E-state index contributed by atoms with van der Waals surface area (Å²) in [5, 5.41) is 9.17. The molecule has 0 radical (unpaired) electrons. The van der Waals surface area contributed by atoms with Gasteiger partial charge in [-0.25, -0.2) is 18.4 Å². The molecule has 0 aliphatic rings. The van der Waals surface area contributed by atoms with E-state index in [0.717, 1.165) is 12.5 Å². The van der Waals surface area contributed by atoms with Gasteiger partial charge in [-0.2, -0.15) is 0 Å². The van der Waals surface area contributed by atoms with Crippen LogP contribution in [0, 0.1) is 0 Å². The molecule has 0 aliphatic heterocycles. The fourth-order valence-corrected chi connectivity index (χ4v) is 2.63. The lowest BCUT2D eigenvalue weighted by Crippen LogP contribution is -2.38. The van der Waals surface area contributed by atoms with Gasteiger partial charge in [0.2, 0.25) is 0 Å². The number of carboxylic acid groups (broad SMARTS) is 1. The molecule has 1 amide bonds. The van der Waals surface area contributed by atoms with Crippen molar-refractivity contribution in [2.24, 2.45) is 0 Å². The third kappa shape index (κ3) is 11.8. The number of rotatable bonds is 16. The first-order chi connectivity index (χ1) is 15.2. The third-order valence-electron chi connectivity index (χ3n) is 4.17. The van der Waals surface area contributed by atoms with E-state index in [2.05, 4.69) is 0 Å². The van der Waals surface area contributed by atoms with Gasteiger partial charge in [0, 0.05) is 26.5 Å². The number of amides is 1. The summed E-state index contributed by atoms with van der Waals surface area (Å²) in [5.41, 5.74) is 0.785. The number of nitrogens with zero attached hydrogens (tertiary/aromatic N) is 1. The minimum absolute atomic E-state index is 0.0517. The first kappa shape index (κ1) is 27.6. The zero-order valence-electron chi connectivity index (χ0n) is 18.9. The number of halogens is 2. The quantitative estimate of drug-likeness (QED) is 0.376. The molecule has 1 rings (SSSR count). The maximum atomic E-state index is 12.9. The Morgan fingerprint density at radius 2 is 1.75 bits per heavy atom. The number of benzene rings is 1. The molecule has 182 valence electrons. The molecular formula is C22H33F2NO7. The summed E-state index contributed by atoms with van der Waals surface area (Å²) >= 11 is 0. The molecule has 1 atom stereocenters. The molecule has 1 unspecified atom stereocenters. The molecule has 0 fully saturated rings. The standard InChI is InChI=1S/C22H33F2NO7/c1-4-12-32-21(28)25(10-13-29-16-22(3,23)24)11-14-31-18-8-6-17(7-9-18)15-19(20(26)27)30-5-2/h6-9,19H,4-5,10-16H2,1-3H3,(H,26,27). The minimum atomic E-state index is -2.93. The summed E-state index contributed by atoms with van der Waals surface area (Å²) in [7, 11) is 0. The molecule has 1 aromatic rings. The smallest absolute Gasteiger partial charge is 0.409 e. The maximum absolute atomic E-state index is 12.9. The Labute approximate surface area is 187 Å². The molecule has 1 aromatic carbocycles. The topological polar surface area (TPSA) is 94.5 Å². The Hall–Kier alpha value is -2.46. The van der Waals surface area contributed by atoms with E-state index in [4.69, 9.17) is 24.1 Å². The number of hydrogen-bond donors (Lipinski definition) is 1. The molecule has 0 spiro atoms. The molecule has 0 saturated carbocycles. The van der Waals surface area contributed by atoms with Gasteiger partial charge in [-0.05, 0) is 31.0 Å². The van der Waals surface area contributed by atoms with E-state index in [1.807, 2.05) is 6.92 Å². The summed E-state index contributed by atoms with van der Waals surface area (Å²) < 4.78 is 46.6. The molecule has 8 nitrogen and oxygen atoms in total. The number of carbonyl (C=O) groups excluding carboxylic acids is 1. The summed E-state index contributed by atoms with van der Waals surface area (Å²) in [6.07, 6.45) is -0.581. The van der Waals surface area contributed by atoms with E-state index in [1.165, 1.54) is 4.90 Å². The maximum Gasteiger partial charge on any atom is 0.409 e. The Kier molecular flexibility index (Phi) is 12.6. The lowest BCUT2D eigenvalue weighted by molar-refractivity contribution is -0.149. The van der Waals surface area contributed by atoms with Crippen molar-refractivity contribution < 1.29 is 42.4 Å². The summed E-state index contributed by atoms with van der Waals surface area (Å²) in [5.74, 6) is -3.41. The van der Waals surface area contributed by atoms with Crippen LogP contribution in [0.3, 0.4) is 0 Å². The lowest BCUT2D eigenvalue weighted by Gasteiger charge is -2.22. The van der Waals surface area contributed by atoms with Crippen molar-refractivity contribution in [2.45, 2.75) is 45.6 Å². The molecule has 0 saturated heterocycles. The van der Waals surface area contributed by atoms with Crippen LogP contribution in [-0.4, -0.2) is 80.2 Å². The highest BCUT2D eigenvalue weighted by molar-refractivity contribution is 5.72. The molecular weight excluding hydrogens is 428 g/mol. The number of carbonyl (C=O) groups is 2. The summed E-state index contributed by atoms with van der Waals surface area (Å²) in [6.45, 7) is 4.58. The van der Waals surface area contributed by atoms with Gasteiger partial charge in [0.25, 0.3) is 5.92 Å². The van der Waals surface area contributed by atoms with Crippen LogP contribution in [0.4, 0.5) is 13.6 Å². The van der Waals surface area contributed by atoms with Gasteiger partial charge < -0.3 is 29.0 Å². The lowest BCUT2D eigenvalue weighted by atomic mass is 10.1. The van der Waals surface area contributed by atoms with Crippen molar-refractivity contribution in [1.29, 1.82) is 0 Å². The van der Waals surface area contributed by atoms with Crippen LogP contribution in [0.15, 0.2) is 24.3 Å². The highest BCUT2D eigenvalue weighted by atomic mass is 19.3. The highest BCUT2D eigenvalue weighted by Crippen LogP contribution is 2.15. The monoisotopic (exact) mass is 461 g/mol. The van der Waals surface area contributed by atoms with Crippen molar-refractivity contribution in [2.75, 3.05) is 46.1 Å². The largest absolute Gasteiger partial charge is 0.492 e. The van der Waals surface area contributed by atoms with Crippen LogP contribution in [-0.2, 0) is 25.4 Å². The molecule has 0 heterocycles. The van der Waals surface area contributed by atoms with Gasteiger partial charge in [0.05, 0.1) is 19.8 Å². The van der Waals surface area contributed by atoms with E-state index in [-0.39, 0.29) is 39.3 Å². The Morgan fingerprint density at radius 3 is 2.31 bits per heavy atom. The number of alkyl halides is 2. The first-order valence-electron chi connectivity index (χ1n) is 10.6. The number of carboxylic acids is 1. The average molecular weight is 462 g/mol. The van der Waals surface area contributed by atoms with Crippen LogP contribution in [0.2, 0.25) is 0 Å². The van der Waals surface area contributed by atoms with Gasteiger partial charge in [0.15, 0.2) is 6.10 Å². The van der Waals surface area contributed by atoms with Crippen LogP contribution >= 0.6 is 0 Å². The fourth-order valence-electron chi connectivity index (χ4n) is 2.63. The molecule has 1 N–H and O–H groups in total. The Bertz CT molecular complexity index is 680. The normalized spacial score (nSPS) is 12.3. The predicted octanol–water partition coefficient (Wildman–Crippen LogP) is 3.62. The van der Waals surface area contributed by atoms with E-state index in [9.17, 15) is 18.4 Å². The van der Waals surface area contributed by atoms with Crippen LogP contribution < -0.4 is 4.74 Å². The molecule has 0 bridgehead atoms. The average Bonchev–Trinajstić information content (AvgIpc) is 2.73. The van der Waals surface area contributed by atoms with Gasteiger partial charge >= 0.3 is 12.1 Å². The van der Waals surface area contributed by atoms with Crippen molar-refractivity contribution in [3.05, 3.63) is 29.8 Å². The van der Waals surface area contributed by atoms with Crippen LogP contribution in [0.1, 0.15) is 32.8 Å². The molecule has 0 aromatic heterocycles. The Balaban J connectivity index is 2.54. The van der Waals surface area contributed by atoms with Gasteiger partial charge in [-0.3, -0.25) is 0 Å². The van der Waals surface area contributed by atoms with Gasteiger partial charge in [0.1, 0.15) is 19.0 Å². The van der Waals surface area contributed by atoms with Crippen LogP contribution in [0.5, 0.6) is 5.75 Å². The van der Waals surface area contributed by atoms with Crippen molar-refractivity contribution in [3.63, 3.8) is 0 Å². The summed E-state index contributed by atoms with van der Waals surface area (Å²) in [6, 6.07) is 6.89. The Morgan fingerprint density at radius 1 is 1.09 bits per heavy atom. The molecule has 32 heavy (non-hydrogen) atoms. The van der Waals surface area contributed by atoms with E-state index >= 15 is 0 Å². The van der Waals surface area contributed by atoms with Crippen LogP contribution in [0.25, 0.3) is 0 Å². The summed E-state index contributed by atoms with van der Waals surface area (Å²) in [4.78, 5) is 24.7. The number of hydrogen-bond acceptors (Lipinski definition) is 6. The molecule has 0 aliphatic carbocycles. The highest BCUT2D eigenvalue weighted by Gasteiger charge is 2.22. The van der Waals surface area contributed by atoms with E-state index in [0.29, 0.717) is 18.8 Å². The predicted molar refractivity (Wildman–Crippen MR) is 113 cm³/mol. The van der Waals surface area contributed by atoms with Gasteiger partial charge in [-0.1, -0.05) is 19.1 Å². The van der Waals surface area contributed by atoms with Crippen molar-refractivity contribution in [3.8, 4) is 5.75 Å². The second kappa shape index (κ2) is 14.6. The first-order valence-corrected chi connectivity index (χ1v) is 10.6. The van der Waals surface area contributed by atoms with E-state index < -0.39 is 30.7 Å². The van der Waals surface area contributed by atoms with Crippen molar-refractivity contribution >= 4 is 12.1 Å². The zero-order valence-corrected chi connectivity index (χ0v) is 18.9. The fraction of sp³-hybridized carbons (Fsp3) is 0.636. The van der Waals surface area contributed by atoms with Crippen molar-refractivity contribution in [1.82, 2.24) is 4.90 Å². The number of aliphatic carboxylic acids is 1. The molecule has 10 heteroatoms. The van der Waals surface area contributed by atoms with E-state index in [1.54, 1.807) is 31.2 Å². The number of ether oxygens (including phenoxy) is 4. The minimum Gasteiger partial charge on any atom is -0.492 e. The zero-order chi connectivity index (χ0) is 24.0.